The monoisotopic (exact) mass is 250 g/mol. The van der Waals surface area contributed by atoms with Crippen LogP contribution in [0.1, 0.15) is 24.8 Å². The van der Waals surface area contributed by atoms with E-state index in [1.807, 2.05) is 6.07 Å². The Morgan fingerprint density at radius 2 is 2.39 bits per heavy atom. The maximum absolute atomic E-state index is 10.8. The summed E-state index contributed by atoms with van der Waals surface area (Å²) in [5, 5.41) is 14.1. The summed E-state index contributed by atoms with van der Waals surface area (Å²) in [6, 6.07) is 5.11. The molecular formula is C13H18N2O3. The first-order chi connectivity index (χ1) is 8.68. The van der Waals surface area contributed by atoms with Crippen LogP contribution in [0.5, 0.6) is 0 Å². The lowest BCUT2D eigenvalue weighted by molar-refractivity contribution is -0.385. The minimum atomic E-state index is -0.347. The zero-order valence-corrected chi connectivity index (χ0v) is 10.5. The van der Waals surface area contributed by atoms with Crippen molar-refractivity contribution in [1.29, 1.82) is 0 Å². The molecule has 1 aliphatic heterocycles. The van der Waals surface area contributed by atoms with Gasteiger partial charge in [0.2, 0.25) is 0 Å². The molecule has 98 valence electrons. The smallest absolute Gasteiger partial charge is 0.274 e. The molecule has 0 radical (unpaired) electrons. The van der Waals surface area contributed by atoms with Gasteiger partial charge in [0.15, 0.2) is 0 Å². The molecule has 0 saturated carbocycles. The fourth-order valence-corrected chi connectivity index (χ4v) is 2.25. The van der Waals surface area contributed by atoms with Gasteiger partial charge in [-0.2, -0.15) is 0 Å². The number of ether oxygens (including phenoxy) is 1. The molecule has 5 heteroatoms. The maximum Gasteiger partial charge on any atom is 0.274 e. The van der Waals surface area contributed by atoms with Gasteiger partial charge in [0.05, 0.1) is 11.0 Å². The predicted molar refractivity (Wildman–Crippen MR) is 69.9 cm³/mol. The van der Waals surface area contributed by atoms with Crippen molar-refractivity contribution in [3.63, 3.8) is 0 Å². The number of anilines is 1. The predicted octanol–water partition coefficient (Wildman–Crippen LogP) is 2.88. The number of nitro groups is 1. The van der Waals surface area contributed by atoms with Crippen molar-refractivity contribution in [2.75, 3.05) is 18.5 Å². The van der Waals surface area contributed by atoms with Gasteiger partial charge in [0, 0.05) is 30.5 Å². The van der Waals surface area contributed by atoms with Crippen molar-refractivity contribution in [2.24, 2.45) is 0 Å². The fourth-order valence-electron chi connectivity index (χ4n) is 2.25. The Morgan fingerprint density at radius 1 is 1.56 bits per heavy atom. The molecule has 0 aliphatic carbocycles. The third-order valence-electron chi connectivity index (χ3n) is 3.31. The lowest BCUT2D eigenvalue weighted by Crippen LogP contribution is -2.13. The quantitative estimate of drug-likeness (QED) is 0.644. The molecule has 1 aromatic rings. The summed E-state index contributed by atoms with van der Waals surface area (Å²) < 4.78 is 5.53. The Balaban J connectivity index is 1.92. The molecule has 0 aromatic heterocycles. The summed E-state index contributed by atoms with van der Waals surface area (Å²) in [5.74, 6) is 0. The zero-order chi connectivity index (χ0) is 13.0. The van der Waals surface area contributed by atoms with Crippen LogP contribution in [0.15, 0.2) is 18.2 Å². The lowest BCUT2D eigenvalue weighted by atomic mass is 10.1. The third kappa shape index (κ3) is 2.98. The van der Waals surface area contributed by atoms with Crippen molar-refractivity contribution in [1.82, 2.24) is 0 Å². The molecule has 0 bridgehead atoms. The highest BCUT2D eigenvalue weighted by molar-refractivity contribution is 5.59. The van der Waals surface area contributed by atoms with Gasteiger partial charge in [-0.15, -0.1) is 0 Å². The van der Waals surface area contributed by atoms with Crippen LogP contribution in [0.4, 0.5) is 11.4 Å². The van der Waals surface area contributed by atoms with Crippen LogP contribution in [0, 0.1) is 17.0 Å². The number of hydrogen-bond acceptors (Lipinski definition) is 4. The van der Waals surface area contributed by atoms with Gasteiger partial charge in [-0.3, -0.25) is 10.1 Å². The van der Waals surface area contributed by atoms with E-state index >= 15 is 0 Å². The van der Waals surface area contributed by atoms with Crippen LogP contribution in [0.2, 0.25) is 0 Å². The van der Waals surface area contributed by atoms with E-state index in [2.05, 4.69) is 5.32 Å². The van der Waals surface area contributed by atoms with Crippen LogP contribution in [0.3, 0.4) is 0 Å². The first kappa shape index (κ1) is 12.8. The largest absolute Gasteiger partial charge is 0.385 e. The van der Waals surface area contributed by atoms with Crippen LogP contribution >= 0.6 is 0 Å². The first-order valence-corrected chi connectivity index (χ1v) is 6.28. The van der Waals surface area contributed by atoms with E-state index in [0.29, 0.717) is 11.7 Å². The van der Waals surface area contributed by atoms with Crippen molar-refractivity contribution in [3.8, 4) is 0 Å². The first-order valence-electron chi connectivity index (χ1n) is 6.28. The minimum Gasteiger partial charge on any atom is -0.385 e. The second-order valence-electron chi connectivity index (χ2n) is 4.56. The van der Waals surface area contributed by atoms with Gasteiger partial charge in [-0.25, -0.2) is 0 Å². The summed E-state index contributed by atoms with van der Waals surface area (Å²) in [4.78, 5) is 10.5. The topological polar surface area (TPSA) is 64.4 Å². The van der Waals surface area contributed by atoms with E-state index in [0.717, 1.165) is 38.1 Å². The number of benzene rings is 1. The lowest BCUT2D eigenvalue weighted by Gasteiger charge is -2.12. The Morgan fingerprint density at radius 3 is 3.06 bits per heavy atom. The van der Waals surface area contributed by atoms with Crippen molar-refractivity contribution in [2.45, 2.75) is 32.3 Å². The van der Waals surface area contributed by atoms with Gasteiger partial charge >= 0.3 is 0 Å². The summed E-state index contributed by atoms with van der Waals surface area (Å²) in [7, 11) is 0. The van der Waals surface area contributed by atoms with Crippen LogP contribution in [-0.2, 0) is 4.74 Å². The van der Waals surface area contributed by atoms with Gasteiger partial charge in [-0.05, 0) is 32.3 Å². The second-order valence-corrected chi connectivity index (χ2v) is 4.56. The second kappa shape index (κ2) is 5.82. The average molecular weight is 250 g/mol. The third-order valence-corrected chi connectivity index (χ3v) is 3.31. The molecule has 1 unspecified atom stereocenters. The Kier molecular flexibility index (Phi) is 4.15. The average Bonchev–Trinajstić information content (AvgIpc) is 2.84. The Labute approximate surface area is 106 Å². The van der Waals surface area contributed by atoms with Crippen molar-refractivity contribution in [3.05, 3.63) is 33.9 Å². The Bertz CT molecular complexity index is 428. The highest BCUT2D eigenvalue weighted by Crippen LogP contribution is 2.25. The highest BCUT2D eigenvalue weighted by Gasteiger charge is 2.16. The number of nitro benzene ring substituents is 1. The molecule has 1 heterocycles. The van der Waals surface area contributed by atoms with Crippen LogP contribution in [-0.4, -0.2) is 24.2 Å². The number of hydrogen-bond donors (Lipinski definition) is 1. The van der Waals surface area contributed by atoms with Crippen LogP contribution in [0.25, 0.3) is 0 Å². The molecule has 1 aliphatic rings. The number of rotatable bonds is 5. The molecule has 0 spiro atoms. The molecule has 1 saturated heterocycles. The van der Waals surface area contributed by atoms with Crippen molar-refractivity contribution >= 4 is 11.4 Å². The molecule has 1 aromatic carbocycles. The summed E-state index contributed by atoms with van der Waals surface area (Å²) in [6.45, 7) is 3.42. The van der Waals surface area contributed by atoms with Gasteiger partial charge in [-0.1, -0.05) is 6.07 Å². The molecule has 18 heavy (non-hydrogen) atoms. The molecule has 2 rings (SSSR count). The molecule has 1 fully saturated rings. The normalized spacial score (nSPS) is 18.8. The maximum atomic E-state index is 10.8. The van der Waals surface area contributed by atoms with Crippen molar-refractivity contribution < 1.29 is 9.66 Å². The van der Waals surface area contributed by atoms with E-state index < -0.39 is 0 Å². The highest BCUT2D eigenvalue weighted by atomic mass is 16.6. The summed E-state index contributed by atoms with van der Waals surface area (Å²) in [5.41, 5.74) is 1.69. The Hall–Kier alpha value is -1.62. The molecule has 0 amide bonds. The van der Waals surface area contributed by atoms with E-state index in [9.17, 15) is 10.1 Å². The minimum absolute atomic E-state index is 0.164. The summed E-state index contributed by atoms with van der Waals surface area (Å²) >= 11 is 0. The zero-order valence-electron chi connectivity index (χ0n) is 10.5. The molecular weight excluding hydrogens is 232 g/mol. The summed E-state index contributed by atoms with van der Waals surface area (Å²) in [6.07, 6.45) is 3.55. The van der Waals surface area contributed by atoms with Gasteiger partial charge in [0.1, 0.15) is 0 Å². The van der Waals surface area contributed by atoms with E-state index in [1.165, 1.54) is 6.07 Å². The van der Waals surface area contributed by atoms with E-state index in [4.69, 9.17) is 4.74 Å². The molecule has 1 N–H and O–H groups in total. The standard InChI is InChI=1S/C13H18N2O3/c1-10-12(5-2-6-13(10)15(16)17)14-8-7-11-4-3-9-18-11/h2,5-6,11,14H,3-4,7-9H2,1H3. The molecule has 1 atom stereocenters. The molecule has 5 nitrogen and oxygen atoms in total. The van der Waals surface area contributed by atoms with Gasteiger partial charge < -0.3 is 10.1 Å². The fraction of sp³-hybridized carbons (Fsp3) is 0.538. The number of nitrogens with zero attached hydrogens (tertiary/aromatic N) is 1. The SMILES string of the molecule is Cc1c(NCCC2CCCO2)cccc1[N+](=O)[O-]. The van der Waals surface area contributed by atoms with Crippen LogP contribution < -0.4 is 5.32 Å². The van der Waals surface area contributed by atoms with E-state index in [-0.39, 0.29) is 10.6 Å². The number of nitrogens with one attached hydrogen (secondary N) is 1. The van der Waals surface area contributed by atoms with Gasteiger partial charge in [0.25, 0.3) is 5.69 Å². The van der Waals surface area contributed by atoms with E-state index in [1.54, 1.807) is 13.0 Å².